The second kappa shape index (κ2) is 34.6. The van der Waals surface area contributed by atoms with Crippen LogP contribution in [0.4, 0.5) is 17.1 Å². The monoisotopic (exact) mass is 1770 g/mol. The third-order valence-electron chi connectivity index (χ3n) is 26.3. The van der Waals surface area contributed by atoms with E-state index in [1.54, 1.807) is 0 Å². The van der Waals surface area contributed by atoms with Crippen LogP contribution >= 0.6 is 22.7 Å². The minimum Gasteiger partial charge on any atom is -0.311 e. The Kier molecular flexibility index (Phi) is 20.5. The number of hydrogen-bond donors (Lipinski definition) is 0. The lowest BCUT2D eigenvalue weighted by molar-refractivity contribution is 0.992. The SMILES string of the molecule is c1ccc(-c2cc(-c3ccccc3)nc(-n3c4ccccc4c4cc(-c5cccc6c5sc5ccccc56)ccc43)n2)cc1.c1ccc(-c2ccc(-c3cccc(-c4ccnc(-n5c6ccccc6c6ccc(-c7ccccc7)cc65)n4)c3)cc2)cc1.c1ccc(N(c2ccc(-c3ccc4ccccc4c3)cc2)c2ccc(-n3c4ccccc4c4c5sc6ccccc6c5ccc43)cc2)cc1. The molecule has 0 saturated carbocycles. The molecular formula is C126H82N8S2. The van der Waals surface area contributed by atoms with E-state index in [0.717, 1.165) is 84.2 Å². The fourth-order valence-corrected chi connectivity index (χ4v) is 22.3. The van der Waals surface area contributed by atoms with Crippen molar-refractivity contribution in [1.82, 2.24) is 33.6 Å². The van der Waals surface area contributed by atoms with Crippen LogP contribution in [0.1, 0.15) is 0 Å². The molecule has 136 heavy (non-hydrogen) atoms. The van der Waals surface area contributed by atoms with Crippen LogP contribution in [-0.2, 0) is 0 Å². The predicted octanol–water partition coefficient (Wildman–Crippen LogP) is 34.6. The summed E-state index contributed by atoms with van der Waals surface area (Å²) in [6.45, 7) is 0. The molecule has 7 aromatic heterocycles. The van der Waals surface area contributed by atoms with Gasteiger partial charge in [0, 0.05) is 118 Å². The average Bonchev–Trinajstić information content (AvgIpc) is 1.56. The molecule has 0 saturated heterocycles. The van der Waals surface area contributed by atoms with Crippen molar-refractivity contribution in [2.75, 3.05) is 4.90 Å². The third-order valence-corrected chi connectivity index (χ3v) is 28.7. The first-order chi connectivity index (χ1) is 67.4. The van der Waals surface area contributed by atoms with Crippen molar-refractivity contribution < 1.29 is 0 Å². The molecule has 0 radical (unpaired) electrons. The maximum absolute atomic E-state index is 5.17. The van der Waals surface area contributed by atoms with E-state index in [-0.39, 0.29) is 0 Å². The highest BCUT2D eigenvalue weighted by Crippen LogP contribution is 2.48. The van der Waals surface area contributed by atoms with Gasteiger partial charge in [-0.3, -0.25) is 9.13 Å². The number of aromatic nitrogens is 7. The Balaban J connectivity index is 0.000000109. The van der Waals surface area contributed by atoms with Crippen molar-refractivity contribution >= 4 is 156 Å². The molecule has 0 fully saturated rings. The second-order valence-corrected chi connectivity index (χ2v) is 36.4. The molecule has 27 aromatic rings. The second-order valence-electron chi connectivity index (χ2n) is 34.3. The van der Waals surface area contributed by atoms with E-state index in [9.17, 15) is 0 Å². The Morgan fingerprint density at radius 3 is 1.26 bits per heavy atom. The number of nitrogens with zero attached hydrogens (tertiary/aromatic N) is 8. The molecule has 638 valence electrons. The van der Waals surface area contributed by atoms with Gasteiger partial charge in [-0.1, -0.05) is 364 Å². The van der Waals surface area contributed by atoms with Crippen LogP contribution in [0.15, 0.2) is 498 Å². The first kappa shape index (κ1) is 80.5. The van der Waals surface area contributed by atoms with Crippen molar-refractivity contribution in [2.24, 2.45) is 0 Å². The van der Waals surface area contributed by atoms with Crippen molar-refractivity contribution in [2.45, 2.75) is 0 Å². The number of anilines is 3. The average molecular weight is 1770 g/mol. The van der Waals surface area contributed by atoms with Gasteiger partial charge in [0.2, 0.25) is 11.9 Å². The molecule has 0 aliphatic rings. The van der Waals surface area contributed by atoms with E-state index in [4.69, 9.17) is 19.9 Å². The van der Waals surface area contributed by atoms with Gasteiger partial charge in [-0.25, -0.2) is 19.9 Å². The largest absolute Gasteiger partial charge is 0.311 e. The zero-order valence-electron chi connectivity index (χ0n) is 73.7. The van der Waals surface area contributed by atoms with Gasteiger partial charge in [-0.05, 0) is 194 Å². The number of rotatable bonds is 14. The molecule has 0 spiro atoms. The van der Waals surface area contributed by atoms with Crippen LogP contribution < -0.4 is 4.90 Å². The van der Waals surface area contributed by atoms with E-state index < -0.39 is 0 Å². The molecule has 0 atom stereocenters. The minimum atomic E-state index is 0.659. The summed E-state index contributed by atoms with van der Waals surface area (Å²) < 4.78 is 12.1. The van der Waals surface area contributed by atoms with Crippen LogP contribution in [0.25, 0.3) is 224 Å². The fraction of sp³-hybridized carbons (Fsp3) is 0. The Labute approximate surface area is 793 Å². The molecule has 0 aliphatic heterocycles. The Hall–Kier alpha value is -17.5. The summed E-state index contributed by atoms with van der Waals surface area (Å²) in [5, 5.41) is 15.2. The lowest BCUT2D eigenvalue weighted by atomic mass is 9.98. The van der Waals surface area contributed by atoms with Gasteiger partial charge in [0.1, 0.15) is 0 Å². The Bertz CT molecular complexity index is 9150. The molecule has 20 aromatic carbocycles. The maximum atomic E-state index is 5.17. The first-order valence-corrected chi connectivity index (χ1v) is 47.6. The quantitative estimate of drug-likeness (QED) is 0.109. The van der Waals surface area contributed by atoms with E-state index >= 15 is 0 Å². The summed E-state index contributed by atoms with van der Waals surface area (Å²) in [5.41, 5.74) is 29.2. The first-order valence-electron chi connectivity index (χ1n) is 45.9. The number of fused-ring (bicyclic) bond motifs is 17. The van der Waals surface area contributed by atoms with Crippen LogP contribution in [0.5, 0.6) is 0 Å². The van der Waals surface area contributed by atoms with Crippen LogP contribution in [0.2, 0.25) is 0 Å². The van der Waals surface area contributed by atoms with E-state index in [1.807, 2.05) is 59.2 Å². The molecule has 10 heteroatoms. The van der Waals surface area contributed by atoms with Crippen LogP contribution in [0, 0.1) is 0 Å². The molecule has 7 heterocycles. The molecular weight excluding hydrogens is 1690 g/mol. The summed E-state index contributed by atoms with van der Waals surface area (Å²) in [4.78, 5) is 22.6. The van der Waals surface area contributed by atoms with Gasteiger partial charge in [0.15, 0.2) is 0 Å². The summed E-state index contributed by atoms with van der Waals surface area (Å²) in [6.07, 6.45) is 1.86. The van der Waals surface area contributed by atoms with E-state index in [2.05, 4.69) is 480 Å². The lowest BCUT2D eigenvalue weighted by Gasteiger charge is -2.26. The zero-order valence-corrected chi connectivity index (χ0v) is 75.4. The highest BCUT2D eigenvalue weighted by molar-refractivity contribution is 7.27. The molecule has 0 unspecified atom stereocenters. The van der Waals surface area contributed by atoms with Gasteiger partial charge in [-0.15, -0.1) is 22.7 Å². The number of benzene rings is 20. The molecule has 0 amide bonds. The van der Waals surface area contributed by atoms with Crippen molar-refractivity contribution in [3.05, 3.63) is 498 Å². The van der Waals surface area contributed by atoms with E-state index in [0.29, 0.717) is 11.9 Å². The zero-order chi connectivity index (χ0) is 89.9. The normalized spacial score (nSPS) is 11.5. The Morgan fingerprint density at radius 2 is 0.603 bits per heavy atom. The number of hydrogen-bond acceptors (Lipinski definition) is 7. The highest BCUT2D eigenvalue weighted by Gasteiger charge is 2.24. The van der Waals surface area contributed by atoms with Gasteiger partial charge < -0.3 is 9.47 Å². The molecule has 8 nitrogen and oxygen atoms in total. The molecule has 0 bridgehead atoms. The van der Waals surface area contributed by atoms with E-state index in [1.165, 1.54) is 145 Å². The number of thiophene rings is 2. The van der Waals surface area contributed by atoms with Gasteiger partial charge in [0.05, 0.1) is 50.2 Å². The predicted molar refractivity (Wildman–Crippen MR) is 575 cm³/mol. The molecule has 27 rings (SSSR count). The highest BCUT2D eigenvalue weighted by atomic mass is 32.1. The van der Waals surface area contributed by atoms with Gasteiger partial charge in [-0.2, -0.15) is 0 Å². The smallest absolute Gasteiger partial charge is 0.235 e. The number of para-hydroxylation sites is 4. The molecule has 0 N–H and O–H groups in total. The Morgan fingerprint density at radius 1 is 0.199 bits per heavy atom. The van der Waals surface area contributed by atoms with Gasteiger partial charge in [0.25, 0.3) is 0 Å². The fourth-order valence-electron chi connectivity index (χ4n) is 19.8. The van der Waals surface area contributed by atoms with Gasteiger partial charge >= 0.3 is 0 Å². The standard InChI is InChI=1S/C46H30N2S.C40H25N3S.C40H27N3/c1-2-12-35(13-3-1)47(36-22-20-32(21-23-36)34-19-18-31-10-4-5-11-33(31)30-34)37-24-26-38(27-25-37)48-42-16-8-6-15-41(42)45-43(48)29-28-40-39-14-7-9-17-44(39)49-46(40)45;1-3-12-26(13-4-1)34-25-35(27-14-5-2-6-15-27)42-40(41-34)43-36-20-9-7-16-30(36)33-24-28(22-23-37(33)43)29-18-11-19-32-31-17-8-10-21-38(31)44-39(29)32;1-3-10-28(11-4-1)30-18-20-31(21-19-30)32-14-9-15-34(26-32)37-24-25-41-40(42-37)43-38-17-8-7-16-35(38)36-23-22-33(27-39(36)43)29-12-5-2-6-13-29/h1-30H;1-25H;1-27H. The van der Waals surface area contributed by atoms with Crippen molar-refractivity contribution in [3.63, 3.8) is 0 Å². The van der Waals surface area contributed by atoms with Crippen LogP contribution in [0.3, 0.4) is 0 Å². The van der Waals surface area contributed by atoms with Crippen molar-refractivity contribution in [3.8, 4) is 107 Å². The minimum absolute atomic E-state index is 0.659. The lowest BCUT2D eigenvalue weighted by Crippen LogP contribution is -2.10. The summed E-state index contributed by atoms with van der Waals surface area (Å²) in [5.74, 6) is 1.32. The summed E-state index contributed by atoms with van der Waals surface area (Å²) in [7, 11) is 0. The molecule has 0 aliphatic carbocycles. The topological polar surface area (TPSA) is 69.6 Å². The van der Waals surface area contributed by atoms with Crippen molar-refractivity contribution in [1.29, 1.82) is 0 Å². The summed E-state index contributed by atoms with van der Waals surface area (Å²) >= 11 is 3.76. The third kappa shape index (κ3) is 14.7. The summed E-state index contributed by atoms with van der Waals surface area (Å²) in [6, 6.07) is 175. The van der Waals surface area contributed by atoms with Crippen LogP contribution in [-0.4, -0.2) is 33.6 Å². The maximum Gasteiger partial charge on any atom is 0.235 e.